The predicted octanol–water partition coefficient (Wildman–Crippen LogP) is 1.92. The first-order chi connectivity index (χ1) is 13.0. The van der Waals surface area contributed by atoms with Gasteiger partial charge in [0.25, 0.3) is 11.6 Å². The van der Waals surface area contributed by atoms with Gasteiger partial charge in [-0.25, -0.2) is 0 Å². The zero-order valence-corrected chi connectivity index (χ0v) is 13.6. The van der Waals surface area contributed by atoms with E-state index < -0.39 is 23.8 Å². The van der Waals surface area contributed by atoms with Crippen LogP contribution >= 0.6 is 0 Å². The number of benzene rings is 2. The van der Waals surface area contributed by atoms with E-state index in [0.29, 0.717) is 28.2 Å². The summed E-state index contributed by atoms with van der Waals surface area (Å²) in [5, 5.41) is 10.3. The molecule has 0 aromatic heterocycles. The second kappa shape index (κ2) is 3.90. The van der Waals surface area contributed by atoms with Crippen LogP contribution in [-0.2, 0) is 21.0 Å². The fourth-order valence-corrected chi connectivity index (χ4v) is 4.66. The number of Topliss-reactive ketones (excluding diaryl/α,β-unsaturated/α-hetero) is 1. The number of ketones is 2. The maximum absolute atomic E-state index is 12.7. The average Bonchev–Trinajstić information content (AvgIpc) is 3.46. The van der Waals surface area contributed by atoms with Gasteiger partial charge in [-0.15, -0.1) is 0 Å². The van der Waals surface area contributed by atoms with E-state index in [9.17, 15) is 14.7 Å². The van der Waals surface area contributed by atoms with Crippen molar-refractivity contribution in [2.75, 3.05) is 0 Å². The van der Waals surface area contributed by atoms with Crippen LogP contribution < -0.4 is 9.47 Å². The van der Waals surface area contributed by atoms with Gasteiger partial charge < -0.3 is 19.3 Å². The minimum Gasteiger partial charge on any atom is -0.507 e. The molecule has 2 aliphatic carbocycles. The number of carbonyl (C=O) groups excluding carboxylic acids is 2. The number of hydrogen-bond donors (Lipinski definition) is 1. The van der Waals surface area contributed by atoms with Crippen LogP contribution in [0, 0.1) is 0 Å². The molecule has 27 heavy (non-hydrogen) atoms. The fraction of sp³-hybridized carbons (Fsp3) is 0.200. The molecule has 0 unspecified atom stereocenters. The number of hydrogen-bond acceptors (Lipinski definition) is 7. The van der Waals surface area contributed by atoms with Crippen LogP contribution in [0.2, 0.25) is 0 Å². The first-order valence-electron chi connectivity index (χ1n) is 8.55. The summed E-state index contributed by atoms with van der Waals surface area (Å²) in [5.74, 6) is -2.67. The van der Waals surface area contributed by atoms with Crippen molar-refractivity contribution in [2.24, 2.45) is 0 Å². The molecule has 1 saturated heterocycles. The highest BCUT2D eigenvalue weighted by Gasteiger charge is 2.74. The van der Waals surface area contributed by atoms with Gasteiger partial charge in [0.2, 0.25) is 0 Å². The summed E-state index contributed by atoms with van der Waals surface area (Å²) in [4.78, 5) is 25.0. The molecule has 3 heterocycles. The Morgan fingerprint density at radius 3 is 2.74 bits per heavy atom. The molecular weight excluding hydrogens is 352 g/mol. The van der Waals surface area contributed by atoms with Crippen molar-refractivity contribution in [2.45, 2.75) is 23.8 Å². The molecule has 2 bridgehead atoms. The summed E-state index contributed by atoms with van der Waals surface area (Å²) < 4.78 is 24.4. The van der Waals surface area contributed by atoms with E-state index in [1.165, 1.54) is 12.1 Å². The molecule has 7 heteroatoms. The summed E-state index contributed by atoms with van der Waals surface area (Å²) in [7, 11) is 0. The van der Waals surface area contributed by atoms with E-state index in [1.54, 1.807) is 30.3 Å². The number of phenolic OH excluding ortho intramolecular Hbond substituents is 1. The van der Waals surface area contributed by atoms with Crippen LogP contribution in [0.5, 0.6) is 17.2 Å². The summed E-state index contributed by atoms with van der Waals surface area (Å²) >= 11 is 0. The predicted molar refractivity (Wildman–Crippen MR) is 86.7 cm³/mol. The topological polar surface area (TPSA) is 94.6 Å². The molecular formula is C20H10O7. The lowest BCUT2D eigenvalue weighted by molar-refractivity contribution is -0.345. The number of fused-ring (bicyclic) bond motifs is 1. The molecule has 7 rings (SSSR count). The Morgan fingerprint density at radius 2 is 1.85 bits per heavy atom. The van der Waals surface area contributed by atoms with Gasteiger partial charge in [0.1, 0.15) is 17.2 Å². The summed E-state index contributed by atoms with van der Waals surface area (Å²) in [5.41, 5.74) is 1.36. The van der Waals surface area contributed by atoms with Gasteiger partial charge in [-0.3, -0.25) is 14.3 Å². The molecule has 0 saturated carbocycles. The number of carbonyl (C=O) groups is 2. The first kappa shape index (κ1) is 14.0. The quantitative estimate of drug-likeness (QED) is 0.716. The lowest BCUT2D eigenvalue weighted by Crippen LogP contribution is -2.60. The minimum atomic E-state index is -1.43. The number of ether oxygens (including phenoxy) is 4. The third-order valence-electron chi connectivity index (χ3n) is 5.79. The fourth-order valence-electron chi connectivity index (χ4n) is 4.66. The Hall–Kier alpha value is -3.16. The molecule has 1 fully saturated rings. The SMILES string of the molecule is O=C1C=C[C@@]23Oc4ccc(O)c5c4[C@@](Oc4cccc1c42)(O3)[C@@H]1O[C@@H]1C5=O. The average molecular weight is 362 g/mol. The van der Waals surface area contributed by atoms with Gasteiger partial charge in [-0.1, -0.05) is 12.1 Å². The van der Waals surface area contributed by atoms with E-state index in [0.717, 1.165) is 0 Å². The van der Waals surface area contributed by atoms with E-state index in [4.69, 9.17) is 18.9 Å². The lowest BCUT2D eigenvalue weighted by Gasteiger charge is -2.52. The highest BCUT2D eigenvalue weighted by Crippen LogP contribution is 2.64. The largest absolute Gasteiger partial charge is 0.507 e. The van der Waals surface area contributed by atoms with Gasteiger partial charge in [-0.2, -0.15) is 0 Å². The third-order valence-corrected chi connectivity index (χ3v) is 5.79. The van der Waals surface area contributed by atoms with Crippen molar-refractivity contribution >= 4 is 11.6 Å². The number of rotatable bonds is 0. The molecule has 3 aliphatic heterocycles. The van der Waals surface area contributed by atoms with E-state index in [1.807, 2.05) is 0 Å². The summed E-state index contributed by atoms with van der Waals surface area (Å²) in [6.45, 7) is 0. The van der Waals surface area contributed by atoms with Crippen LogP contribution in [0.4, 0.5) is 0 Å². The maximum atomic E-state index is 12.7. The smallest absolute Gasteiger partial charge is 0.275 e. The normalized spacial score (nSPS) is 35.4. The van der Waals surface area contributed by atoms with E-state index in [2.05, 4.69) is 0 Å². The highest BCUT2D eigenvalue weighted by atomic mass is 16.8. The monoisotopic (exact) mass is 362 g/mol. The first-order valence-corrected chi connectivity index (χ1v) is 8.55. The van der Waals surface area contributed by atoms with Gasteiger partial charge in [0, 0.05) is 5.56 Å². The molecule has 7 nitrogen and oxygen atoms in total. The molecule has 2 aromatic rings. The van der Waals surface area contributed by atoms with Crippen molar-refractivity contribution in [1.29, 1.82) is 0 Å². The second-order valence-electron chi connectivity index (χ2n) is 7.19. The lowest BCUT2D eigenvalue weighted by atomic mass is 9.80. The van der Waals surface area contributed by atoms with E-state index in [-0.39, 0.29) is 22.9 Å². The van der Waals surface area contributed by atoms with Gasteiger partial charge in [0.15, 0.2) is 23.8 Å². The summed E-state index contributed by atoms with van der Waals surface area (Å²) in [6.07, 6.45) is 1.58. The second-order valence-corrected chi connectivity index (χ2v) is 7.19. The molecule has 0 amide bonds. The van der Waals surface area contributed by atoms with Crippen LogP contribution in [0.1, 0.15) is 31.8 Å². The molecule has 2 spiro atoms. The maximum Gasteiger partial charge on any atom is 0.275 e. The molecule has 1 N–H and O–H groups in total. The number of epoxide rings is 1. The standard InChI is InChI=1S/C20H10O7/c21-9-6-7-19-14-8(9)2-1-3-11(14)26-20(27-19)15-12(25-19)5-4-10(22)13(15)16(23)17-18(20)24-17/h1-7,17-18,22H/t17-,18-,19+,20-/m1/s1. The van der Waals surface area contributed by atoms with Gasteiger partial charge in [0.05, 0.1) is 16.7 Å². The third kappa shape index (κ3) is 1.35. The number of allylic oxidation sites excluding steroid dienone is 1. The van der Waals surface area contributed by atoms with Crippen LogP contribution in [0.15, 0.2) is 42.5 Å². The molecule has 0 radical (unpaired) electrons. The zero-order valence-electron chi connectivity index (χ0n) is 13.6. The van der Waals surface area contributed by atoms with Crippen LogP contribution in [-0.4, -0.2) is 28.9 Å². The van der Waals surface area contributed by atoms with E-state index >= 15 is 0 Å². The Labute approximate surface area is 151 Å². The summed E-state index contributed by atoms with van der Waals surface area (Å²) in [6, 6.07) is 8.13. The molecule has 2 aromatic carbocycles. The number of phenols is 1. The van der Waals surface area contributed by atoms with Crippen molar-refractivity contribution < 1.29 is 33.6 Å². The Morgan fingerprint density at radius 1 is 1.00 bits per heavy atom. The molecule has 132 valence electrons. The molecule has 5 aliphatic rings. The number of aromatic hydroxyl groups is 1. The van der Waals surface area contributed by atoms with Gasteiger partial charge in [-0.05, 0) is 30.4 Å². The Balaban J connectivity index is 1.61. The van der Waals surface area contributed by atoms with Crippen molar-refractivity contribution in [3.8, 4) is 17.2 Å². The Kier molecular flexibility index (Phi) is 2.02. The zero-order chi connectivity index (χ0) is 18.1. The van der Waals surface area contributed by atoms with Crippen molar-refractivity contribution in [1.82, 2.24) is 0 Å². The Bertz CT molecular complexity index is 1170. The van der Waals surface area contributed by atoms with Crippen molar-refractivity contribution in [3.05, 3.63) is 64.7 Å². The van der Waals surface area contributed by atoms with Gasteiger partial charge >= 0.3 is 0 Å². The van der Waals surface area contributed by atoms with Crippen LogP contribution in [0.3, 0.4) is 0 Å². The van der Waals surface area contributed by atoms with Crippen LogP contribution in [0.25, 0.3) is 0 Å². The molecule has 4 atom stereocenters. The highest BCUT2D eigenvalue weighted by molar-refractivity contribution is 6.09. The minimum absolute atomic E-state index is 0.0940. The van der Waals surface area contributed by atoms with Crippen molar-refractivity contribution in [3.63, 3.8) is 0 Å².